The van der Waals surface area contributed by atoms with Gasteiger partial charge in [0.2, 0.25) is 5.91 Å². The van der Waals surface area contributed by atoms with Crippen LogP contribution in [0.3, 0.4) is 0 Å². The Labute approximate surface area is 116 Å². The summed E-state index contributed by atoms with van der Waals surface area (Å²) in [5.74, 6) is 0.138. The smallest absolute Gasteiger partial charge is 0.222 e. The van der Waals surface area contributed by atoms with Crippen molar-refractivity contribution in [3.05, 3.63) is 0 Å². The SMILES string of the molecule is CC(C)(CNC(=O)CC1CCCCO1)N1CCCC1. The van der Waals surface area contributed by atoms with E-state index in [1.165, 1.54) is 19.3 Å². The van der Waals surface area contributed by atoms with E-state index in [9.17, 15) is 4.79 Å². The van der Waals surface area contributed by atoms with Crippen LogP contribution < -0.4 is 5.32 Å². The maximum absolute atomic E-state index is 12.0. The van der Waals surface area contributed by atoms with Gasteiger partial charge in [0.1, 0.15) is 0 Å². The predicted octanol–water partition coefficient (Wildman–Crippen LogP) is 1.94. The fraction of sp³-hybridized carbons (Fsp3) is 0.933. The topological polar surface area (TPSA) is 41.6 Å². The molecule has 0 aromatic rings. The van der Waals surface area contributed by atoms with Crippen LogP contribution in [-0.2, 0) is 9.53 Å². The van der Waals surface area contributed by atoms with E-state index in [1.54, 1.807) is 0 Å². The van der Waals surface area contributed by atoms with E-state index in [0.29, 0.717) is 6.42 Å². The molecular formula is C15H28N2O2. The van der Waals surface area contributed by atoms with Crippen LogP contribution in [0.1, 0.15) is 52.4 Å². The van der Waals surface area contributed by atoms with E-state index in [1.807, 2.05) is 0 Å². The van der Waals surface area contributed by atoms with Crippen LogP contribution in [0, 0.1) is 0 Å². The number of carbonyl (C=O) groups is 1. The highest BCUT2D eigenvalue weighted by Gasteiger charge is 2.29. The van der Waals surface area contributed by atoms with Crippen molar-refractivity contribution in [2.45, 2.75) is 64.0 Å². The maximum atomic E-state index is 12.0. The molecule has 1 N–H and O–H groups in total. The second-order valence-corrected chi connectivity index (χ2v) is 6.48. The summed E-state index contributed by atoms with van der Waals surface area (Å²) in [6, 6.07) is 0. The lowest BCUT2D eigenvalue weighted by Crippen LogP contribution is -2.50. The Morgan fingerprint density at radius 1 is 1.26 bits per heavy atom. The van der Waals surface area contributed by atoms with Gasteiger partial charge in [-0.15, -0.1) is 0 Å². The number of carbonyl (C=O) groups excluding carboxylic acids is 1. The van der Waals surface area contributed by atoms with Crippen LogP contribution in [0.2, 0.25) is 0 Å². The molecule has 2 rings (SSSR count). The summed E-state index contributed by atoms with van der Waals surface area (Å²) in [4.78, 5) is 14.4. The van der Waals surface area contributed by atoms with Crippen LogP contribution >= 0.6 is 0 Å². The molecule has 2 fully saturated rings. The molecule has 0 radical (unpaired) electrons. The quantitative estimate of drug-likeness (QED) is 0.828. The van der Waals surface area contributed by atoms with Gasteiger partial charge in [-0.25, -0.2) is 0 Å². The van der Waals surface area contributed by atoms with E-state index in [2.05, 4.69) is 24.1 Å². The third kappa shape index (κ3) is 4.46. The first-order valence-electron chi connectivity index (χ1n) is 7.71. The highest BCUT2D eigenvalue weighted by atomic mass is 16.5. The Balaban J connectivity index is 1.69. The van der Waals surface area contributed by atoms with Crippen molar-refractivity contribution in [3.63, 3.8) is 0 Å². The molecule has 0 bridgehead atoms. The predicted molar refractivity (Wildman–Crippen MR) is 76.1 cm³/mol. The van der Waals surface area contributed by atoms with Crippen molar-refractivity contribution in [1.29, 1.82) is 0 Å². The zero-order valence-electron chi connectivity index (χ0n) is 12.4. The van der Waals surface area contributed by atoms with Crippen molar-refractivity contribution in [2.24, 2.45) is 0 Å². The Kier molecular flexibility index (Phi) is 5.22. The van der Waals surface area contributed by atoms with Gasteiger partial charge in [-0.3, -0.25) is 9.69 Å². The maximum Gasteiger partial charge on any atom is 0.222 e. The summed E-state index contributed by atoms with van der Waals surface area (Å²) in [6.07, 6.45) is 6.60. The van der Waals surface area contributed by atoms with Gasteiger partial charge in [-0.2, -0.15) is 0 Å². The van der Waals surface area contributed by atoms with Gasteiger partial charge in [0.25, 0.3) is 0 Å². The number of nitrogens with zero attached hydrogens (tertiary/aromatic N) is 1. The first-order valence-corrected chi connectivity index (χ1v) is 7.71. The Morgan fingerprint density at radius 2 is 2.00 bits per heavy atom. The molecule has 0 aliphatic carbocycles. The van der Waals surface area contributed by atoms with Crippen molar-refractivity contribution < 1.29 is 9.53 Å². The summed E-state index contributed by atoms with van der Waals surface area (Å²) in [5, 5.41) is 3.09. The third-order valence-electron chi connectivity index (χ3n) is 4.37. The summed E-state index contributed by atoms with van der Waals surface area (Å²) in [5.41, 5.74) is 0.0690. The zero-order valence-corrected chi connectivity index (χ0v) is 12.4. The standard InChI is InChI=1S/C15H28N2O2/c1-15(2,17-8-4-5-9-17)12-16-14(18)11-13-7-3-6-10-19-13/h13H,3-12H2,1-2H3,(H,16,18). The first-order chi connectivity index (χ1) is 9.08. The summed E-state index contributed by atoms with van der Waals surface area (Å²) >= 11 is 0. The van der Waals surface area contributed by atoms with E-state index in [4.69, 9.17) is 4.74 Å². The van der Waals surface area contributed by atoms with Crippen molar-refractivity contribution >= 4 is 5.91 Å². The molecule has 2 aliphatic rings. The Morgan fingerprint density at radius 3 is 2.63 bits per heavy atom. The lowest BCUT2D eigenvalue weighted by atomic mass is 10.0. The number of ether oxygens (including phenoxy) is 1. The molecule has 2 saturated heterocycles. The molecule has 1 atom stereocenters. The van der Waals surface area contributed by atoms with E-state index in [-0.39, 0.29) is 17.6 Å². The van der Waals surface area contributed by atoms with Crippen LogP contribution in [0.5, 0.6) is 0 Å². The van der Waals surface area contributed by atoms with Crippen molar-refractivity contribution in [3.8, 4) is 0 Å². The average Bonchev–Trinajstić information content (AvgIpc) is 2.92. The number of likely N-dealkylation sites (tertiary alicyclic amines) is 1. The van der Waals surface area contributed by atoms with E-state index >= 15 is 0 Å². The fourth-order valence-corrected chi connectivity index (χ4v) is 3.00. The zero-order chi connectivity index (χ0) is 13.7. The normalized spacial score (nSPS) is 25.5. The molecule has 1 amide bonds. The lowest BCUT2D eigenvalue weighted by Gasteiger charge is -2.35. The molecule has 4 heteroatoms. The molecule has 2 heterocycles. The van der Waals surface area contributed by atoms with Crippen LogP contribution in [0.25, 0.3) is 0 Å². The second kappa shape index (κ2) is 6.71. The number of rotatable bonds is 5. The first kappa shape index (κ1) is 14.8. The monoisotopic (exact) mass is 268 g/mol. The number of nitrogens with one attached hydrogen (secondary N) is 1. The molecule has 0 aromatic carbocycles. The molecule has 0 saturated carbocycles. The molecule has 0 spiro atoms. The van der Waals surface area contributed by atoms with Gasteiger partial charge in [-0.05, 0) is 59.0 Å². The third-order valence-corrected chi connectivity index (χ3v) is 4.37. The molecule has 0 aromatic heterocycles. The van der Waals surface area contributed by atoms with Crippen molar-refractivity contribution in [2.75, 3.05) is 26.2 Å². The summed E-state index contributed by atoms with van der Waals surface area (Å²) < 4.78 is 5.61. The van der Waals surface area contributed by atoms with Gasteiger partial charge < -0.3 is 10.1 Å². The largest absolute Gasteiger partial charge is 0.378 e. The highest BCUT2D eigenvalue weighted by Crippen LogP contribution is 2.20. The minimum absolute atomic E-state index is 0.0690. The molecular weight excluding hydrogens is 240 g/mol. The van der Waals surface area contributed by atoms with Gasteiger partial charge in [0.15, 0.2) is 0 Å². The van der Waals surface area contributed by atoms with Crippen molar-refractivity contribution in [1.82, 2.24) is 10.2 Å². The van der Waals surface area contributed by atoms with Gasteiger partial charge >= 0.3 is 0 Å². The van der Waals surface area contributed by atoms with Gasteiger partial charge in [0.05, 0.1) is 12.5 Å². The highest BCUT2D eigenvalue weighted by molar-refractivity contribution is 5.76. The van der Waals surface area contributed by atoms with Crippen LogP contribution in [0.4, 0.5) is 0 Å². The number of hydrogen-bond donors (Lipinski definition) is 1. The Hall–Kier alpha value is -0.610. The molecule has 110 valence electrons. The number of hydrogen-bond acceptors (Lipinski definition) is 3. The van der Waals surface area contributed by atoms with Crippen LogP contribution in [-0.4, -0.2) is 48.7 Å². The molecule has 2 aliphatic heterocycles. The minimum Gasteiger partial charge on any atom is -0.378 e. The molecule has 4 nitrogen and oxygen atoms in total. The average molecular weight is 268 g/mol. The number of amides is 1. The summed E-state index contributed by atoms with van der Waals surface area (Å²) in [6.45, 7) is 8.31. The lowest BCUT2D eigenvalue weighted by molar-refractivity contribution is -0.125. The minimum atomic E-state index is 0.0690. The Bertz CT molecular complexity index is 293. The van der Waals surface area contributed by atoms with E-state index < -0.39 is 0 Å². The van der Waals surface area contributed by atoms with E-state index in [0.717, 1.165) is 39.1 Å². The van der Waals surface area contributed by atoms with Gasteiger partial charge in [0, 0.05) is 18.7 Å². The van der Waals surface area contributed by atoms with Gasteiger partial charge in [-0.1, -0.05) is 0 Å². The fourth-order valence-electron chi connectivity index (χ4n) is 3.00. The summed E-state index contributed by atoms with van der Waals surface area (Å²) in [7, 11) is 0. The molecule has 1 unspecified atom stereocenters. The second-order valence-electron chi connectivity index (χ2n) is 6.48. The molecule has 19 heavy (non-hydrogen) atoms. The van der Waals surface area contributed by atoms with Crippen LogP contribution in [0.15, 0.2) is 0 Å².